The zero-order valence-electron chi connectivity index (χ0n) is 14.8. The molecule has 3 aromatic rings. The third kappa shape index (κ3) is 3.07. The van der Waals surface area contributed by atoms with E-state index in [1.807, 2.05) is 13.8 Å². The second-order valence-electron chi connectivity index (χ2n) is 7.05. The van der Waals surface area contributed by atoms with Crippen molar-refractivity contribution in [2.24, 2.45) is 0 Å². The van der Waals surface area contributed by atoms with Crippen molar-refractivity contribution in [2.75, 3.05) is 0 Å². The summed E-state index contributed by atoms with van der Waals surface area (Å²) in [6.45, 7) is 4.29. The average molecular weight is 353 g/mol. The Morgan fingerprint density at radius 2 is 2.12 bits per heavy atom. The molecule has 1 amide bonds. The molecule has 0 aliphatic heterocycles. The largest absolute Gasteiger partial charge is 0.336 e. The van der Waals surface area contributed by atoms with Crippen LogP contribution in [0.3, 0.4) is 0 Å². The fourth-order valence-corrected chi connectivity index (χ4v) is 3.11. The van der Waals surface area contributed by atoms with Gasteiger partial charge in [0.1, 0.15) is 5.82 Å². The van der Waals surface area contributed by atoms with E-state index in [1.165, 1.54) is 12.3 Å². The van der Waals surface area contributed by atoms with Crippen LogP contribution in [0.5, 0.6) is 0 Å². The lowest BCUT2D eigenvalue weighted by atomic mass is 10.1. The first kappa shape index (κ1) is 16.7. The molecule has 1 saturated carbocycles. The van der Waals surface area contributed by atoms with Crippen LogP contribution >= 0.6 is 0 Å². The van der Waals surface area contributed by atoms with Gasteiger partial charge in [0.25, 0.3) is 11.6 Å². The smallest absolute Gasteiger partial charge is 0.257 e. The van der Waals surface area contributed by atoms with Gasteiger partial charge in [-0.25, -0.2) is 9.37 Å². The molecule has 1 fully saturated rings. The van der Waals surface area contributed by atoms with Crippen LogP contribution in [-0.4, -0.2) is 27.0 Å². The molecule has 1 aliphatic carbocycles. The van der Waals surface area contributed by atoms with Crippen molar-refractivity contribution in [3.8, 4) is 0 Å². The molecular weight excluding hydrogens is 333 g/mol. The van der Waals surface area contributed by atoms with Crippen LogP contribution in [0.1, 0.15) is 54.2 Å². The first-order valence-corrected chi connectivity index (χ1v) is 8.84. The number of nitrogens with zero attached hydrogens (tertiary/aromatic N) is 3. The van der Waals surface area contributed by atoms with Gasteiger partial charge in [-0.2, -0.15) is 0 Å². The Hall–Kier alpha value is -2.76. The van der Waals surface area contributed by atoms with Gasteiger partial charge in [-0.3, -0.25) is 4.79 Å². The van der Waals surface area contributed by atoms with Gasteiger partial charge in [0.15, 0.2) is 0 Å². The Morgan fingerprint density at radius 1 is 1.35 bits per heavy atom. The van der Waals surface area contributed by atoms with E-state index in [9.17, 15) is 9.18 Å². The van der Waals surface area contributed by atoms with Gasteiger partial charge in [-0.15, -0.1) is 0 Å². The van der Waals surface area contributed by atoms with E-state index >= 15 is 0 Å². The molecule has 134 valence electrons. The maximum atomic E-state index is 14.0. The minimum absolute atomic E-state index is 0.138. The number of hydrogen-bond acceptors (Lipinski definition) is 4. The maximum absolute atomic E-state index is 14.0. The Balaban J connectivity index is 1.67. The maximum Gasteiger partial charge on any atom is 0.257 e. The van der Waals surface area contributed by atoms with Gasteiger partial charge in [0.05, 0.1) is 16.6 Å². The van der Waals surface area contributed by atoms with E-state index in [0.29, 0.717) is 16.8 Å². The molecule has 4 rings (SSSR count). The highest BCUT2D eigenvalue weighted by Crippen LogP contribution is 2.31. The number of carbonyl (C=O) groups excluding carboxylic acids is 1. The van der Waals surface area contributed by atoms with Crippen molar-refractivity contribution in [2.45, 2.75) is 45.2 Å². The van der Waals surface area contributed by atoms with Crippen LogP contribution in [0, 0.1) is 5.82 Å². The first-order chi connectivity index (χ1) is 12.5. The number of fused-ring (bicyclic) bond motifs is 1. The van der Waals surface area contributed by atoms with E-state index in [2.05, 4.69) is 10.1 Å². The van der Waals surface area contributed by atoms with Crippen LogP contribution in [0.4, 0.5) is 4.39 Å². The van der Waals surface area contributed by atoms with Crippen molar-refractivity contribution in [3.05, 3.63) is 59.2 Å². The molecule has 0 bridgehead atoms. The van der Waals surface area contributed by atoms with Gasteiger partial charge in [-0.05, 0) is 30.9 Å². The molecule has 0 saturated heterocycles. The van der Waals surface area contributed by atoms with Crippen LogP contribution in [0.2, 0.25) is 0 Å². The summed E-state index contributed by atoms with van der Waals surface area (Å²) >= 11 is 0. The van der Waals surface area contributed by atoms with Crippen LogP contribution < -0.4 is 0 Å². The summed E-state index contributed by atoms with van der Waals surface area (Å²) in [5.41, 5.74) is 2.21. The van der Waals surface area contributed by atoms with E-state index < -0.39 is 0 Å². The molecule has 1 aliphatic rings. The van der Waals surface area contributed by atoms with Crippen molar-refractivity contribution in [1.82, 2.24) is 15.0 Å². The molecule has 1 aromatic carbocycles. The highest BCUT2D eigenvalue weighted by atomic mass is 19.1. The summed E-state index contributed by atoms with van der Waals surface area (Å²) in [6.07, 6.45) is 3.40. The third-order valence-electron chi connectivity index (χ3n) is 4.70. The molecule has 0 unspecified atom stereocenters. The van der Waals surface area contributed by atoms with E-state index in [-0.39, 0.29) is 30.2 Å². The van der Waals surface area contributed by atoms with E-state index in [0.717, 1.165) is 23.9 Å². The van der Waals surface area contributed by atoms with Crippen molar-refractivity contribution in [3.63, 3.8) is 0 Å². The minimum atomic E-state index is -0.291. The predicted octanol–water partition coefficient (Wildman–Crippen LogP) is 4.29. The van der Waals surface area contributed by atoms with Crippen molar-refractivity contribution in [1.29, 1.82) is 0 Å². The van der Waals surface area contributed by atoms with Crippen molar-refractivity contribution < 1.29 is 13.7 Å². The zero-order valence-corrected chi connectivity index (χ0v) is 14.8. The Morgan fingerprint density at radius 3 is 2.81 bits per heavy atom. The monoisotopic (exact) mass is 353 g/mol. The number of aromatic nitrogens is 2. The molecule has 0 spiro atoms. The van der Waals surface area contributed by atoms with Gasteiger partial charge in [-0.1, -0.05) is 37.2 Å². The summed E-state index contributed by atoms with van der Waals surface area (Å²) in [4.78, 5) is 19.1. The molecule has 2 heterocycles. The second kappa shape index (κ2) is 6.52. The first-order valence-electron chi connectivity index (χ1n) is 8.84. The molecule has 2 aromatic heterocycles. The summed E-state index contributed by atoms with van der Waals surface area (Å²) in [7, 11) is 0. The lowest BCUT2D eigenvalue weighted by Crippen LogP contribution is -2.33. The molecule has 0 radical (unpaired) electrons. The van der Waals surface area contributed by atoms with Gasteiger partial charge >= 0.3 is 0 Å². The summed E-state index contributed by atoms with van der Waals surface area (Å²) < 4.78 is 19.3. The molecular formula is C20H20FN3O2. The topological polar surface area (TPSA) is 59.2 Å². The Kier molecular flexibility index (Phi) is 4.18. The molecule has 26 heavy (non-hydrogen) atoms. The van der Waals surface area contributed by atoms with Gasteiger partial charge < -0.3 is 9.42 Å². The van der Waals surface area contributed by atoms with E-state index in [4.69, 9.17) is 4.52 Å². The highest BCUT2D eigenvalue weighted by Gasteiger charge is 2.34. The molecule has 6 heteroatoms. The molecule has 0 N–H and O–H groups in total. The zero-order chi connectivity index (χ0) is 18.3. The van der Waals surface area contributed by atoms with Crippen molar-refractivity contribution >= 4 is 17.0 Å². The number of rotatable bonds is 5. The van der Waals surface area contributed by atoms with E-state index in [1.54, 1.807) is 29.2 Å². The number of amides is 1. The lowest BCUT2D eigenvalue weighted by Gasteiger charge is -2.23. The van der Waals surface area contributed by atoms with Gasteiger partial charge in [0.2, 0.25) is 0 Å². The van der Waals surface area contributed by atoms with Crippen LogP contribution in [0.15, 0.2) is 41.1 Å². The van der Waals surface area contributed by atoms with Crippen LogP contribution in [0.25, 0.3) is 11.1 Å². The fourth-order valence-electron chi connectivity index (χ4n) is 3.11. The normalized spacial score (nSPS) is 14.2. The SMILES string of the molecule is CC(C)c1noc2ncc(C(=O)N(Cc3ccccc3F)C3CC3)cc12. The Bertz CT molecular complexity index is 963. The number of benzene rings is 1. The quantitative estimate of drug-likeness (QED) is 0.686. The summed E-state index contributed by atoms with van der Waals surface area (Å²) in [5, 5.41) is 4.81. The summed E-state index contributed by atoms with van der Waals surface area (Å²) in [6, 6.07) is 8.52. The highest BCUT2D eigenvalue weighted by molar-refractivity contribution is 5.97. The molecule has 5 nitrogen and oxygen atoms in total. The minimum Gasteiger partial charge on any atom is -0.336 e. The van der Waals surface area contributed by atoms with Gasteiger partial charge in [0, 0.05) is 24.3 Å². The average Bonchev–Trinajstić information content (AvgIpc) is 3.38. The number of halogens is 1. The second-order valence-corrected chi connectivity index (χ2v) is 7.05. The standard InChI is InChI=1S/C20H20FN3O2/c1-12(2)18-16-9-14(10-22-19(16)26-23-18)20(25)24(15-7-8-15)11-13-5-3-4-6-17(13)21/h3-6,9-10,12,15H,7-8,11H2,1-2H3. The fraction of sp³-hybridized carbons (Fsp3) is 0.350. The number of pyridine rings is 1. The molecule has 0 atom stereocenters. The summed E-state index contributed by atoms with van der Waals surface area (Å²) in [5.74, 6) is -0.261. The third-order valence-corrected chi connectivity index (χ3v) is 4.70. The Labute approximate surface area is 150 Å². The lowest BCUT2D eigenvalue weighted by molar-refractivity contribution is 0.0728. The number of hydrogen-bond donors (Lipinski definition) is 0. The number of carbonyl (C=O) groups is 1. The predicted molar refractivity (Wildman–Crippen MR) is 95.2 cm³/mol. The van der Waals surface area contributed by atoms with Crippen LogP contribution in [-0.2, 0) is 6.54 Å².